The molecule has 0 saturated carbocycles. The third-order valence-electron chi connectivity index (χ3n) is 7.04. The van der Waals surface area contributed by atoms with Gasteiger partial charge in [0.2, 0.25) is 5.91 Å². The summed E-state index contributed by atoms with van der Waals surface area (Å²) in [6.45, 7) is 6.12. The predicted octanol–water partition coefficient (Wildman–Crippen LogP) is 2.67. The number of hydrogen-bond acceptors (Lipinski definition) is 7. The van der Waals surface area contributed by atoms with Crippen LogP contribution in [0.3, 0.4) is 0 Å². The lowest BCUT2D eigenvalue weighted by atomic mass is 9.97. The summed E-state index contributed by atoms with van der Waals surface area (Å²) in [6.07, 6.45) is -1.41. The zero-order valence-electron chi connectivity index (χ0n) is 22.8. The van der Waals surface area contributed by atoms with Crippen LogP contribution in [0, 0.1) is 6.92 Å². The monoisotopic (exact) mass is 561 g/mol. The minimum absolute atomic E-state index is 0.0732. The maximum Gasteiger partial charge on any atom is 0.270 e. The van der Waals surface area contributed by atoms with Gasteiger partial charge in [-0.2, -0.15) is 0 Å². The van der Waals surface area contributed by atoms with Crippen molar-refractivity contribution >= 4 is 35.3 Å². The third kappa shape index (κ3) is 6.81. The number of aryl methyl sites for hydroxylation is 1. The number of rotatable bonds is 9. The number of nitrogen functional groups attached to an aromatic ring is 1. The molecule has 3 amide bonds. The summed E-state index contributed by atoms with van der Waals surface area (Å²) in [6, 6.07) is 19.9. The molecule has 0 radical (unpaired) electrons. The molecule has 3 atom stereocenters. The van der Waals surface area contributed by atoms with Gasteiger partial charge in [-0.1, -0.05) is 60.7 Å². The number of carbonyl (C=O) groups is 3. The number of aromatic nitrogens is 1. The molecular weight excluding hydrogens is 526 g/mol. The maximum atomic E-state index is 13.8. The standard InChI is InChI=1S/C30H35N5O4S/c1-19-10-7-8-13-21(19)17-32-28(38)26-30(2,3)40-18-35(26)29(39)25(36)23(16-20-11-5-4-6-12-20)34-27(37)22-14-9-15-24(31)33-22/h4-15,23,25-26,36H,16-18H2,1-3H3,(H2,31,33)(H,32,38)(H,34,37)/t23-,25-,26+/m0/s1. The molecule has 1 aliphatic rings. The number of aliphatic hydroxyl groups excluding tert-OH is 1. The Kier molecular flexibility index (Phi) is 9.11. The van der Waals surface area contributed by atoms with Gasteiger partial charge < -0.3 is 26.4 Å². The van der Waals surface area contributed by atoms with Crippen molar-refractivity contribution in [2.45, 2.75) is 56.7 Å². The molecule has 4 rings (SSSR count). The van der Waals surface area contributed by atoms with Crippen LogP contribution in [-0.2, 0) is 22.6 Å². The van der Waals surface area contributed by atoms with E-state index in [-0.39, 0.29) is 29.7 Å². The highest BCUT2D eigenvalue weighted by atomic mass is 32.2. The summed E-state index contributed by atoms with van der Waals surface area (Å²) in [7, 11) is 0. The van der Waals surface area contributed by atoms with Gasteiger partial charge in [0.25, 0.3) is 11.8 Å². The van der Waals surface area contributed by atoms with Crippen LogP contribution in [0.5, 0.6) is 0 Å². The highest BCUT2D eigenvalue weighted by Gasteiger charge is 2.49. The molecule has 0 aliphatic carbocycles. The normalized spacial score (nSPS) is 17.6. The molecule has 1 saturated heterocycles. The van der Waals surface area contributed by atoms with E-state index >= 15 is 0 Å². The van der Waals surface area contributed by atoms with Crippen LogP contribution in [0.25, 0.3) is 0 Å². The molecule has 1 aromatic heterocycles. The van der Waals surface area contributed by atoms with Gasteiger partial charge in [0, 0.05) is 11.3 Å². The van der Waals surface area contributed by atoms with Crippen molar-refractivity contribution in [1.82, 2.24) is 20.5 Å². The summed E-state index contributed by atoms with van der Waals surface area (Å²) in [5, 5.41) is 17.1. The van der Waals surface area contributed by atoms with Gasteiger partial charge in [-0.05, 0) is 56.0 Å². The van der Waals surface area contributed by atoms with Gasteiger partial charge in [-0.25, -0.2) is 4.98 Å². The third-order valence-corrected chi connectivity index (χ3v) is 8.42. The van der Waals surface area contributed by atoms with Crippen LogP contribution in [-0.4, -0.2) is 61.5 Å². The van der Waals surface area contributed by atoms with E-state index in [2.05, 4.69) is 15.6 Å². The Bertz CT molecular complexity index is 1370. The minimum atomic E-state index is -1.61. The second-order valence-corrected chi connectivity index (χ2v) is 12.0. The van der Waals surface area contributed by atoms with Crippen molar-refractivity contribution in [1.29, 1.82) is 0 Å². The van der Waals surface area contributed by atoms with Crippen molar-refractivity contribution in [3.05, 3.63) is 95.2 Å². The lowest BCUT2D eigenvalue weighted by Gasteiger charge is -2.33. The van der Waals surface area contributed by atoms with Crippen LogP contribution in [0.2, 0.25) is 0 Å². The van der Waals surface area contributed by atoms with E-state index < -0.39 is 34.7 Å². The molecule has 0 unspecified atom stereocenters. The number of anilines is 1. The van der Waals surface area contributed by atoms with Crippen molar-refractivity contribution < 1.29 is 19.5 Å². The summed E-state index contributed by atoms with van der Waals surface area (Å²) < 4.78 is -0.588. The second-order valence-electron chi connectivity index (χ2n) is 10.4. The van der Waals surface area contributed by atoms with Gasteiger partial charge >= 0.3 is 0 Å². The van der Waals surface area contributed by atoms with Crippen LogP contribution < -0.4 is 16.4 Å². The van der Waals surface area contributed by atoms with Gasteiger partial charge in [0.1, 0.15) is 17.6 Å². The average molecular weight is 562 g/mol. The Morgan fingerprint density at radius 3 is 2.48 bits per heavy atom. The SMILES string of the molecule is Cc1ccccc1CNC(=O)[C@H]1N(C(=O)[C@@H](O)[C@H](Cc2ccccc2)NC(=O)c2cccc(N)n2)CSC1(C)C. The van der Waals surface area contributed by atoms with Crippen LogP contribution in [0.15, 0.2) is 72.8 Å². The van der Waals surface area contributed by atoms with Crippen molar-refractivity contribution in [2.75, 3.05) is 11.6 Å². The van der Waals surface area contributed by atoms with Gasteiger partial charge in [0.05, 0.1) is 11.9 Å². The zero-order valence-corrected chi connectivity index (χ0v) is 23.7. The summed E-state index contributed by atoms with van der Waals surface area (Å²) in [5.41, 5.74) is 8.68. The van der Waals surface area contributed by atoms with Crippen molar-refractivity contribution in [2.24, 2.45) is 0 Å². The minimum Gasteiger partial charge on any atom is -0.384 e. The fraction of sp³-hybridized carbons (Fsp3) is 0.333. The Morgan fingerprint density at radius 2 is 1.77 bits per heavy atom. The lowest BCUT2D eigenvalue weighted by molar-refractivity contribution is -0.147. The van der Waals surface area contributed by atoms with E-state index in [1.807, 2.05) is 75.4 Å². The first kappa shape index (κ1) is 29.1. The number of thioether (sulfide) groups is 1. The second kappa shape index (κ2) is 12.5. The molecule has 10 heteroatoms. The lowest BCUT2D eigenvalue weighted by Crippen LogP contribution is -2.58. The molecule has 2 heterocycles. The van der Waals surface area contributed by atoms with Crippen molar-refractivity contribution in [3.8, 4) is 0 Å². The van der Waals surface area contributed by atoms with Gasteiger partial charge in [0.15, 0.2) is 6.10 Å². The number of nitrogens with one attached hydrogen (secondary N) is 2. The Morgan fingerprint density at radius 1 is 1.07 bits per heavy atom. The number of carbonyl (C=O) groups excluding carboxylic acids is 3. The molecule has 0 bridgehead atoms. The highest BCUT2D eigenvalue weighted by Crippen LogP contribution is 2.40. The zero-order chi connectivity index (χ0) is 28.9. The van der Waals surface area contributed by atoms with E-state index in [1.54, 1.807) is 12.1 Å². The fourth-order valence-corrected chi connectivity index (χ4v) is 5.91. The number of pyridine rings is 1. The quantitative estimate of drug-likeness (QED) is 0.315. The van der Waals surface area contributed by atoms with Gasteiger partial charge in [-0.3, -0.25) is 14.4 Å². The number of amides is 3. The number of benzene rings is 2. The molecule has 210 valence electrons. The number of nitrogens with two attached hydrogens (primary N) is 1. The Labute approximate surface area is 238 Å². The molecule has 2 aromatic carbocycles. The number of nitrogens with zero attached hydrogens (tertiary/aromatic N) is 2. The molecule has 1 fully saturated rings. The topological polar surface area (TPSA) is 138 Å². The summed E-state index contributed by atoms with van der Waals surface area (Å²) >= 11 is 1.46. The first-order chi connectivity index (χ1) is 19.1. The number of aliphatic hydroxyl groups is 1. The molecule has 9 nitrogen and oxygen atoms in total. The van der Waals surface area contributed by atoms with E-state index in [0.717, 1.165) is 16.7 Å². The molecule has 1 aliphatic heterocycles. The average Bonchev–Trinajstić information content (AvgIpc) is 3.26. The van der Waals surface area contributed by atoms with Crippen LogP contribution in [0.1, 0.15) is 41.0 Å². The molecular formula is C30H35N5O4S. The first-order valence-electron chi connectivity index (χ1n) is 13.1. The highest BCUT2D eigenvalue weighted by molar-refractivity contribution is 8.00. The Balaban J connectivity index is 1.54. The maximum absolute atomic E-state index is 13.8. The first-order valence-corrected chi connectivity index (χ1v) is 14.1. The van der Waals surface area contributed by atoms with Crippen LogP contribution >= 0.6 is 11.8 Å². The molecule has 3 aromatic rings. The van der Waals surface area contributed by atoms with E-state index in [4.69, 9.17) is 5.73 Å². The van der Waals surface area contributed by atoms with Crippen molar-refractivity contribution in [3.63, 3.8) is 0 Å². The summed E-state index contributed by atoms with van der Waals surface area (Å²) in [5.74, 6) is -1.08. The van der Waals surface area contributed by atoms with E-state index in [1.165, 1.54) is 22.7 Å². The largest absolute Gasteiger partial charge is 0.384 e. The van der Waals surface area contributed by atoms with Crippen LogP contribution in [0.4, 0.5) is 5.82 Å². The Hall–Kier alpha value is -3.89. The van der Waals surface area contributed by atoms with Gasteiger partial charge in [-0.15, -0.1) is 11.8 Å². The predicted molar refractivity (Wildman–Crippen MR) is 156 cm³/mol. The smallest absolute Gasteiger partial charge is 0.270 e. The molecule has 5 N–H and O–H groups in total. The summed E-state index contributed by atoms with van der Waals surface area (Å²) in [4.78, 5) is 45.7. The molecule has 40 heavy (non-hydrogen) atoms. The fourth-order valence-electron chi connectivity index (χ4n) is 4.77. The van der Waals surface area contributed by atoms with E-state index in [0.29, 0.717) is 6.54 Å². The number of hydrogen-bond donors (Lipinski definition) is 4. The molecule has 0 spiro atoms. The van der Waals surface area contributed by atoms with E-state index in [9.17, 15) is 19.5 Å².